The molecule has 16 heavy (non-hydrogen) atoms. The number of rotatable bonds is 4. The van der Waals surface area contributed by atoms with Gasteiger partial charge in [-0.25, -0.2) is 9.97 Å². The van der Waals surface area contributed by atoms with Crippen LogP contribution in [0.3, 0.4) is 0 Å². The fourth-order valence-corrected chi connectivity index (χ4v) is 2.09. The lowest BCUT2D eigenvalue weighted by atomic mass is 10.2. The van der Waals surface area contributed by atoms with E-state index < -0.39 is 0 Å². The summed E-state index contributed by atoms with van der Waals surface area (Å²) in [6.07, 6.45) is 3.53. The zero-order valence-electron chi connectivity index (χ0n) is 9.05. The van der Waals surface area contributed by atoms with Crippen molar-refractivity contribution in [2.45, 2.75) is 12.8 Å². The first-order valence-electron chi connectivity index (χ1n) is 5.10. The van der Waals surface area contributed by atoms with Gasteiger partial charge in [-0.1, -0.05) is 6.92 Å². The summed E-state index contributed by atoms with van der Waals surface area (Å²) in [7, 11) is 0. The number of nitrogen functional groups attached to an aromatic ring is 1. The smallest absolute Gasteiger partial charge is 0.125 e. The van der Waals surface area contributed by atoms with Crippen molar-refractivity contribution in [2.75, 3.05) is 17.6 Å². The molecule has 5 heteroatoms. The minimum atomic E-state index is 0.398. The molecule has 0 fully saturated rings. The molecule has 0 spiro atoms. The Balaban J connectivity index is 1.92. The van der Waals surface area contributed by atoms with E-state index in [1.807, 2.05) is 23.7 Å². The van der Waals surface area contributed by atoms with Crippen molar-refractivity contribution in [2.24, 2.45) is 0 Å². The Hall–Kier alpha value is -1.62. The summed E-state index contributed by atoms with van der Waals surface area (Å²) < 4.78 is 0. The molecule has 2 heterocycles. The monoisotopic (exact) mass is 234 g/mol. The predicted octanol–water partition coefficient (Wildman–Crippen LogP) is 2.34. The molecule has 0 saturated heterocycles. The summed E-state index contributed by atoms with van der Waals surface area (Å²) in [6.45, 7) is 2.99. The highest BCUT2D eigenvalue weighted by Gasteiger charge is 2.07. The van der Waals surface area contributed by atoms with Crippen LogP contribution >= 0.6 is 11.3 Å². The van der Waals surface area contributed by atoms with Crippen molar-refractivity contribution in [1.29, 1.82) is 0 Å². The number of aromatic nitrogens is 2. The van der Waals surface area contributed by atoms with Gasteiger partial charge in [0.15, 0.2) is 0 Å². The van der Waals surface area contributed by atoms with Crippen LogP contribution in [0.4, 0.5) is 11.5 Å². The minimum absolute atomic E-state index is 0.398. The van der Waals surface area contributed by atoms with Gasteiger partial charge in [-0.15, -0.1) is 11.3 Å². The van der Waals surface area contributed by atoms with E-state index in [-0.39, 0.29) is 0 Å². The highest BCUT2D eigenvalue weighted by molar-refractivity contribution is 7.09. The molecule has 0 aliphatic carbocycles. The number of thiazole rings is 1. The third kappa shape index (κ3) is 2.70. The average Bonchev–Trinajstić information content (AvgIpc) is 2.79. The van der Waals surface area contributed by atoms with E-state index >= 15 is 0 Å². The summed E-state index contributed by atoms with van der Waals surface area (Å²) in [4.78, 5) is 8.23. The molecule has 1 unspecified atom stereocenters. The van der Waals surface area contributed by atoms with E-state index in [0.717, 1.165) is 17.2 Å². The Kier molecular flexibility index (Phi) is 3.36. The van der Waals surface area contributed by atoms with E-state index in [1.165, 1.54) is 0 Å². The van der Waals surface area contributed by atoms with E-state index in [4.69, 9.17) is 5.73 Å². The molecule has 2 rings (SSSR count). The van der Waals surface area contributed by atoms with Gasteiger partial charge >= 0.3 is 0 Å². The quantitative estimate of drug-likeness (QED) is 0.852. The Morgan fingerprint density at radius 1 is 1.44 bits per heavy atom. The number of nitrogens with one attached hydrogen (secondary N) is 1. The van der Waals surface area contributed by atoms with Crippen molar-refractivity contribution >= 4 is 22.8 Å². The van der Waals surface area contributed by atoms with Gasteiger partial charge in [0.1, 0.15) is 5.82 Å². The zero-order chi connectivity index (χ0) is 11.4. The molecule has 0 aromatic carbocycles. The zero-order valence-corrected chi connectivity index (χ0v) is 9.87. The molecule has 84 valence electrons. The molecule has 0 aliphatic heterocycles. The number of nitrogens with two attached hydrogens (primary N) is 1. The van der Waals surface area contributed by atoms with Crippen LogP contribution < -0.4 is 11.1 Å². The molecule has 4 nitrogen and oxygen atoms in total. The molecule has 1 atom stereocenters. The van der Waals surface area contributed by atoms with E-state index in [9.17, 15) is 0 Å². The predicted molar refractivity (Wildman–Crippen MR) is 67.7 cm³/mol. The summed E-state index contributed by atoms with van der Waals surface area (Å²) in [5, 5.41) is 6.46. The van der Waals surface area contributed by atoms with E-state index in [1.54, 1.807) is 17.5 Å². The largest absolute Gasteiger partial charge is 0.384 e. The summed E-state index contributed by atoms with van der Waals surface area (Å²) >= 11 is 1.68. The first kappa shape index (κ1) is 10.9. The summed E-state index contributed by atoms with van der Waals surface area (Å²) in [5.41, 5.74) is 6.59. The Morgan fingerprint density at radius 3 is 3.00 bits per heavy atom. The highest BCUT2D eigenvalue weighted by atomic mass is 32.1. The van der Waals surface area contributed by atoms with Crippen LogP contribution in [0.25, 0.3) is 0 Å². The summed E-state index contributed by atoms with van der Waals surface area (Å²) in [6, 6.07) is 3.74. The van der Waals surface area contributed by atoms with Crippen LogP contribution in [0.15, 0.2) is 29.9 Å². The number of nitrogens with zero attached hydrogens (tertiary/aromatic N) is 2. The Labute approximate surface area is 98.6 Å². The third-order valence-corrected chi connectivity index (χ3v) is 3.27. The van der Waals surface area contributed by atoms with Crippen molar-refractivity contribution < 1.29 is 0 Å². The van der Waals surface area contributed by atoms with Crippen LogP contribution in [-0.2, 0) is 0 Å². The molecule has 0 saturated carbocycles. The first-order valence-corrected chi connectivity index (χ1v) is 5.98. The van der Waals surface area contributed by atoms with Crippen molar-refractivity contribution in [1.82, 2.24) is 9.97 Å². The van der Waals surface area contributed by atoms with Crippen LogP contribution in [0, 0.1) is 0 Å². The number of hydrogen-bond donors (Lipinski definition) is 2. The topological polar surface area (TPSA) is 63.8 Å². The van der Waals surface area contributed by atoms with Gasteiger partial charge in [0.05, 0.1) is 5.01 Å². The second-order valence-corrected chi connectivity index (χ2v) is 4.55. The van der Waals surface area contributed by atoms with E-state index in [2.05, 4.69) is 22.2 Å². The van der Waals surface area contributed by atoms with Gasteiger partial charge in [0.2, 0.25) is 0 Å². The number of hydrogen-bond acceptors (Lipinski definition) is 5. The van der Waals surface area contributed by atoms with Gasteiger partial charge < -0.3 is 11.1 Å². The molecule has 0 bridgehead atoms. The van der Waals surface area contributed by atoms with Gasteiger partial charge in [0.25, 0.3) is 0 Å². The SMILES string of the molecule is CC(CNc1ccnc(N)c1)c1nccs1. The number of anilines is 2. The fraction of sp³-hybridized carbons (Fsp3) is 0.273. The Bertz CT molecular complexity index is 441. The maximum Gasteiger partial charge on any atom is 0.125 e. The van der Waals surface area contributed by atoms with Crippen molar-refractivity contribution in [3.63, 3.8) is 0 Å². The van der Waals surface area contributed by atoms with Crippen molar-refractivity contribution in [3.8, 4) is 0 Å². The van der Waals surface area contributed by atoms with Crippen LogP contribution in [-0.4, -0.2) is 16.5 Å². The lowest BCUT2D eigenvalue weighted by molar-refractivity contribution is 0.795. The first-order chi connectivity index (χ1) is 7.75. The van der Waals surface area contributed by atoms with Crippen molar-refractivity contribution in [3.05, 3.63) is 34.9 Å². The lowest BCUT2D eigenvalue weighted by Crippen LogP contribution is -2.09. The second kappa shape index (κ2) is 4.94. The maximum absolute atomic E-state index is 5.60. The summed E-state index contributed by atoms with van der Waals surface area (Å²) in [5.74, 6) is 0.932. The van der Waals surface area contributed by atoms with E-state index in [0.29, 0.717) is 11.7 Å². The molecular weight excluding hydrogens is 220 g/mol. The number of pyridine rings is 1. The normalized spacial score (nSPS) is 12.3. The maximum atomic E-state index is 5.60. The third-order valence-electron chi connectivity index (χ3n) is 2.27. The molecular formula is C11H14N4S. The Morgan fingerprint density at radius 2 is 2.31 bits per heavy atom. The molecule has 3 N–H and O–H groups in total. The standard InChI is InChI=1S/C11H14N4S/c1-8(11-14-4-5-16-11)7-15-9-2-3-13-10(12)6-9/h2-6,8H,7H2,1H3,(H3,12,13,15). The van der Waals surface area contributed by atoms with Gasteiger partial charge in [0, 0.05) is 42.0 Å². The average molecular weight is 234 g/mol. The minimum Gasteiger partial charge on any atom is -0.384 e. The molecule has 0 amide bonds. The van der Waals surface area contributed by atoms with Gasteiger partial charge in [-0.05, 0) is 6.07 Å². The van der Waals surface area contributed by atoms with Gasteiger partial charge in [-0.3, -0.25) is 0 Å². The highest BCUT2D eigenvalue weighted by Crippen LogP contribution is 2.18. The van der Waals surface area contributed by atoms with Crippen LogP contribution in [0.5, 0.6) is 0 Å². The molecule has 2 aromatic rings. The van der Waals surface area contributed by atoms with Crippen LogP contribution in [0.1, 0.15) is 17.8 Å². The van der Waals surface area contributed by atoms with Crippen LogP contribution in [0.2, 0.25) is 0 Å². The second-order valence-electron chi connectivity index (χ2n) is 3.62. The molecule has 2 aromatic heterocycles. The van der Waals surface area contributed by atoms with Gasteiger partial charge in [-0.2, -0.15) is 0 Å². The lowest BCUT2D eigenvalue weighted by Gasteiger charge is -2.11. The molecule has 0 aliphatic rings. The fourth-order valence-electron chi connectivity index (χ4n) is 1.39. The molecule has 0 radical (unpaired) electrons.